The molecule has 5 nitrogen and oxygen atoms in total. The molecule has 2 heterocycles. The van der Waals surface area contributed by atoms with Crippen LogP contribution in [-0.4, -0.2) is 30.6 Å². The van der Waals surface area contributed by atoms with Crippen molar-refractivity contribution in [2.45, 2.75) is 26.2 Å². The Bertz CT molecular complexity index is 522. The van der Waals surface area contributed by atoms with Crippen molar-refractivity contribution in [1.29, 1.82) is 0 Å². The van der Waals surface area contributed by atoms with E-state index in [0.29, 0.717) is 5.92 Å². The smallest absolute Gasteiger partial charge is 0.191 e. The van der Waals surface area contributed by atoms with E-state index in [4.69, 9.17) is 4.42 Å². The number of aliphatic imine (C=N–C) groups is 1. The Morgan fingerprint density at radius 2 is 2.38 bits per heavy atom. The molecule has 1 atom stereocenters. The number of hydrogen-bond acceptors (Lipinski definition) is 4. The fourth-order valence-corrected chi connectivity index (χ4v) is 2.57. The van der Waals surface area contributed by atoms with Crippen molar-refractivity contribution in [1.82, 2.24) is 15.6 Å². The van der Waals surface area contributed by atoms with Crippen LogP contribution < -0.4 is 10.6 Å². The molecule has 0 amide bonds. The van der Waals surface area contributed by atoms with Crippen molar-refractivity contribution < 1.29 is 4.42 Å². The number of nitrogens with one attached hydrogen (secondary N) is 2. The van der Waals surface area contributed by atoms with Gasteiger partial charge in [0.1, 0.15) is 5.76 Å². The van der Waals surface area contributed by atoms with Crippen molar-refractivity contribution in [3.05, 3.63) is 40.7 Å². The topological polar surface area (TPSA) is 62.5 Å². The highest BCUT2D eigenvalue weighted by atomic mass is 32.1. The number of hydrogen-bond donors (Lipinski definition) is 2. The number of thiazole rings is 1. The van der Waals surface area contributed by atoms with Crippen LogP contribution in [0.5, 0.6) is 0 Å². The normalized spacial score (nSPS) is 13.1. The van der Waals surface area contributed by atoms with Gasteiger partial charge in [-0.15, -0.1) is 11.3 Å². The second-order valence-corrected chi connectivity index (χ2v) is 5.67. The molecule has 0 saturated heterocycles. The van der Waals surface area contributed by atoms with Gasteiger partial charge in [0.2, 0.25) is 0 Å². The molecule has 21 heavy (non-hydrogen) atoms. The minimum Gasteiger partial charge on any atom is -0.469 e. The molecular weight excluding hydrogens is 284 g/mol. The average Bonchev–Trinajstić information content (AvgIpc) is 3.17. The summed E-state index contributed by atoms with van der Waals surface area (Å²) in [6.07, 6.45) is 4.39. The lowest BCUT2D eigenvalue weighted by atomic mass is 10.2. The molecule has 114 valence electrons. The number of nitrogens with zero attached hydrogens (tertiary/aromatic N) is 2. The molecule has 0 radical (unpaired) electrons. The van der Waals surface area contributed by atoms with Crippen LogP contribution >= 0.6 is 11.3 Å². The van der Waals surface area contributed by atoms with Crippen LogP contribution in [-0.2, 0) is 6.42 Å². The Labute approximate surface area is 129 Å². The minimum atomic E-state index is 0.338. The van der Waals surface area contributed by atoms with Gasteiger partial charge in [0.05, 0.1) is 17.8 Å². The van der Waals surface area contributed by atoms with E-state index >= 15 is 0 Å². The third-order valence-electron chi connectivity index (χ3n) is 2.98. The van der Waals surface area contributed by atoms with E-state index in [2.05, 4.69) is 34.5 Å². The summed E-state index contributed by atoms with van der Waals surface area (Å²) in [5, 5.41) is 9.71. The Morgan fingerprint density at radius 1 is 1.48 bits per heavy atom. The van der Waals surface area contributed by atoms with Gasteiger partial charge in [-0.05, 0) is 19.1 Å². The van der Waals surface area contributed by atoms with Crippen LogP contribution in [0.1, 0.15) is 30.5 Å². The second-order valence-electron chi connectivity index (χ2n) is 4.75. The van der Waals surface area contributed by atoms with Gasteiger partial charge in [0.25, 0.3) is 0 Å². The van der Waals surface area contributed by atoms with Gasteiger partial charge in [0.15, 0.2) is 5.96 Å². The highest BCUT2D eigenvalue weighted by Crippen LogP contribution is 2.17. The summed E-state index contributed by atoms with van der Waals surface area (Å²) in [5.74, 6) is 2.16. The lowest BCUT2D eigenvalue weighted by Crippen LogP contribution is -2.38. The summed E-state index contributed by atoms with van der Waals surface area (Å²) < 4.78 is 5.32. The molecule has 0 aromatic carbocycles. The minimum absolute atomic E-state index is 0.338. The first-order chi connectivity index (χ1) is 10.3. The van der Waals surface area contributed by atoms with E-state index in [1.807, 2.05) is 23.7 Å². The number of guanidine groups is 1. The van der Waals surface area contributed by atoms with E-state index in [0.717, 1.165) is 42.8 Å². The van der Waals surface area contributed by atoms with Crippen LogP contribution in [0, 0.1) is 0 Å². The van der Waals surface area contributed by atoms with Crippen LogP contribution in [0.3, 0.4) is 0 Å². The fourth-order valence-electron chi connectivity index (χ4n) is 1.88. The van der Waals surface area contributed by atoms with Crippen LogP contribution in [0.4, 0.5) is 0 Å². The molecule has 1 unspecified atom stereocenters. The maximum Gasteiger partial charge on any atom is 0.191 e. The maximum atomic E-state index is 5.32. The van der Waals surface area contributed by atoms with Crippen LogP contribution in [0.25, 0.3) is 0 Å². The Kier molecular flexibility index (Phi) is 6.27. The quantitative estimate of drug-likeness (QED) is 0.610. The van der Waals surface area contributed by atoms with E-state index < -0.39 is 0 Å². The molecule has 2 aromatic heterocycles. The molecule has 6 heteroatoms. The van der Waals surface area contributed by atoms with Crippen molar-refractivity contribution >= 4 is 17.3 Å². The lowest BCUT2D eigenvalue weighted by molar-refractivity contribution is 0.506. The van der Waals surface area contributed by atoms with Gasteiger partial charge < -0.3 is 15.1 Å². The number of furan rings is 1. The second kappa shape index (κ2) is 8.46. The van der Waals surface area contributed by atoms with E-state index in [-0.39, 0.29) is 0 Å². The van der Waals surface area contributed by atoms with Gasteiger partial charge in [-0.1, -0.05) is 6.92 Å². The molecule has 0 saturated carbocycles. The largest absolute Gasteiger partial charge is 0.469 e. The molecule has 0 bridgehead atoms. The van der Waals surface area contributed by atoms with Gasteiger partial charge in [-0.25, -0.2) is 4.98 Å². The van der Waals surface area contributed by atoms with Gasteiger partial charge in [0, 0.05) is 37.0 Å². The summed E-state index contributed by atoms with van der Waals surface area (Å²) in [7, 11) is 0. The average molecular weight is 306 g/mol. The molecule has 0 spiro atoms. The van der Waals surface area contributed by atoms with E-state index in [1.165, 1.54) is 0 Å². The van der Waals surface area contributed by atoms with Crippen molar-refractivity contribution in [2.24, 2.45) is 4.99 Å². The SMILES string of the molecule is CCNC(=NCC(C)c1nccs1)NCCc1ccco1. The standard InChI is InChI=1S/C15H22N4OS/c1-3-16-15(18-7-6-13-5-4-9-20-13)19-11-12(2)14-17-8-10-21-14/h4-5,8-10,12H,3,6-7,11H2,1-2H3,(H2,16,18,19). The molecule has 2 rings (SSSR count). The summed E-state index contributed by atoms with van der Waals surface area (Å²) >= 11 is 1.68. The Hall–Kier alpha value is -1.82. The lowest BCUT2D eigenvalue weighted by Gasteiger charge is -2.12. The first-order valence-corrected chi connectivity index (χ1v) is 8.11. The summed E-state index contributed by atoms with van der Waals surface area (Å²) in [6, 6.07) is 3.89. The third-order valence-corrected chi connectivity index (χ3v) is 3.99. The monoisotopic (exact) mass is 306 g/mol. The van der Waals surface area contributed by atoms with Gasteiger partial charge in [-0.3, -0.25) is 4.99 Å². The van der Waals surface area contributed by atoms with Gasteiger partial charge in [-0.2, -0.15) is 0 Å². The van der Waals surface area contributed by atoms with Crippen molar-refractivity contribution in [3.63, 3.8) is 0 Å². The van der Waals surface area contributed by atoms with Crippen LogP contribution in [0.2, 0.25) is 0 Å². The molecular formula is C15H22N4OS. The highest BCUT2D eigenvalue weighted by Gasteiger charge is 2.08. The molecule has 0 aliphatic heterocycles. The zero-order chi connectivity index (χ0) is 14.9. The number of rotatable bonds is 7. The van der Waals surface area contributed by atoms with Gasteiger partial charge >= 0.3 is 0 Å². The third kappa shape index (κ3) is 5.23. The Balaban J connectivity index is 1.81. The zero-order valence-corrected chi connectivity index (χ0v) is 13.3. The number of aromatic nitrogens is 1. The summed E-state index contributed by atoms with van der Waals surface area (Å²) in [5.41, 5.74) is 0. The maximum absolute atomic E-state index is 5.32. The first kappa shape index (κ1) is 15.6. The van der Waals surface area contributed by atoms with Crippen molar-refractivity contribution in [3.8, 4) is 0 Å². The fraction of sp³-hybridized carbons (Fsp3) is 0.467. The molecule has 0 fully saturated rings. The zero-order valence-electron chi connectivity index (χ0n) is 12.5. The predicted molar refractivity (Wildman–Crippen MR) is 86.9 cm³/mol. The predicted octanol–water partition coefficient (Wildman–Crippen LogP) is 2.64. The first-order valence-electron chi connectivity index (χ1n) is 7.23. The molecule has 0 aliphatic rings. The Morgan fingerprint density at radius 3 is 3.05 bits per heavy atom. The van der Waals surface area contributed by atoms with Crippen molar-refractivity contribution in [2.75, 3.05) is 19.6 Å². The molecule has 0 aliphatic carbocycles. The van der Waals surface area contributed by atoms with E-state index in [1.54, 1.807) is 17.6 Å². The summed E-state index contributed by atoms with van der Waals surface area (Å²) in [4.78, 5) is 8.95. The molecule has 2 N–H and O–H groups in total. The molecule has 2 aromatic rings. The summed E-state index contributed by atoms with van der Waals surface area (Å²) in [6.45, 7) is 6.58. The van der Waals surface area contributed by atoms with E-state index in [9.17, 15) is 0 Å². The highest BCUT2D eigenvalue weighted by molar-refractivity contribution is 7.09. The van der Waals surface area contributed by atoms with Crippen LogP contribution in [0.15, 0.2) is 39.4 Å².